The fourth-order valence-electron chi connectivity index (χ4n) is 2.07. The largest absolute Gasteiger partial charge is 0.304 e. The smallest absolute Gasteiger partial charge is 0.0575 e. The highest BCUT2D eigenvalue weighted by Gasteiger charge is 1.98. The van der Waals surface area contributed by atoms with Crippen molar-refractivity contribution in [3.8, 4) is 24.7 Å². The Labute approximate surface area is 152 Å². The Morgan fingerprint density at radius 2 is 1.09 bits per heavy atom. The molecule has 0 aromatic rings. The van der Waals surface area contributed by atoms with Gasteiger partial charge >= 0.3 is 0 Å². The van der Waals surface area contributed by atoms with E-state index in [9.17, 15) is 0 Å². The van der Waals surface area contributed by atoms with Gasteiger partial charge in [-0.15, -0.1) is 25.3 Å². The van der Waals surface area contributed by atoms with Crippen molar-refractivity contribution in [3.05, 3.63) is 0 Å². The third kappa shape index (κ3) is 26.5. The van der Waals surface area contributed by atoms with Gasteiger partial charge in [0.2, 0.25) is 0 Å². The van der Waals surface area contributed by atoms with Crippen LogP contribution < -0.4 is 10.6 Å². The Morgan fingerprint density at radius 3 is 1.35 bits per heavy atom. The van der Waals surface area contributed by atoms with Gasteiger partial charge in [0.25, 0.3) is 0 Å². The summed E-state index contributed by atoms with van der Waals surface area (Å²) in [5.41, 5.74) is 0. The van der Waals surface area contributed by atoms with Crippen LogP contribution in [-0.4, -0.2) is 25.2 Å². The molecule has 23 heavy (non-hydrogen) atoms. The third-order valence-corrected chi connectivity index (χ3v) is 3.59. The van der Waals surface area contributed by atoms with Crippen molar-refractivity contribution < 1.29 is 0 Å². The first-order valence-corrected chi connectivity index (χ1v) is 8.95. The summed E-state index contributed by atoms with van der Waals surface area (Å²) in [5, 5.41) is 6.51. The monoisotopic (exact) mass is 342 g/mol. The summed E-state index contributed by atoms with van der Waals surface area (Å²) in [7, 11) is 0. The maximum absolute atomic E-state index is 5.12. The van der Waals surface area contributed by atoms with E-state index in [1.54, 1.807) is 0 Å². The normalized spacial score (nSPS) is 11.9. The van der Waals surface area contributed by atoms with Crippen LogP contribution in [0.2, 0.25) is 0 Å². The van der Waals surface area contributed by atoms with Crippen molar-refractivity contribution in [1.82, 2.24) is 10.6 Å². The van der Waals surface area contributed by atoms with Crippen LogP contribution in [0, 0.1) is 24.7 Å². The fourth-order valence-corrected chi connectivity index (χ4v) is 2.07. The molecule has 3 heteroatoms. The molecule has 0 aliphatic carbocycles. The predicted octanol–water partition coefficient (Wildman–Crippen LogP) is 4.78. The molecule has 0 aromatic heterocycles. The molecule has 2 N–H and O–H groups in total. The highest BCUT2D eigenvalue weighted by molar-refractivity contribution is 5.85. The first kappa shape index (κ1) is 27.2. The van der Waals surface area contributed by atoms with E-state index in [1.165, 1.54) is 51.4 Å². The van der Waals surface area contributed by atoms with Gasteiger partial charge in [-0.25, -0.2) is 0 Å². The summed E-state index contributed by atoms with van der Waals surface area (Å²) in [6.07, 6.45) is 20.6. The van der Waals surface area contributed by atoms with E-state index in [1.807, 2.05) is 0 Å². The lowest BCUT2D eigenvalue weighted by molar-refractivity contribution is 0.512. The van der Waals surface area contributed by atoms with Gasteiger partial charge < -0.3 is 10.6 Å². The van der Waals surface area contributed by atoms with Crippen LogP contribution in [0.25, 0.3) is 0 Å². The number of hydrogen-bond acceptors (Lipinski definition) is 2. The molecule has 0 bridgehead atoms. The van der Waals surface area contributed by atoms with Crippen molar-refractivity contribution in [1.29, 1.82) is 0 Å². The van der Waals surface area contributed by atoms with E-state index in [2.05, 4.69) is 50.2 Å². The molecule has 2 nitrogen and oxygen atoms in total. The van der Waals surface area contributed by atoms with Crippen LogP contribution >= 0.6 is 12.4 Å². The minimum absolute atomic E-state index is 0. The Morgan fingerprint density at radius 1 is 0.739 bits per heavy atom. The summed E-state index contributed by atoms with van der Waals surface area (Å²) >= 11 is 0. The van der Waals surface area contributed by atoms with Gasteiger partial charge in [-0.3, -0.25) is 0 Å². The predicted molar refractivity (Wildman–Crippen MR) is 108 cm³/mol. The first-order chi connectivity index (χ1) is 10.6. The molecule has 0 fully saturated rings. The standard InChI is InChI=1S/2C10H19N.ClH/c2*1-4-6-7-8-10(3)11-9-5-2;/h2*2,10-11H,4,6-9H2,1,3H3;1H/t2*10-;/m11./s1. The van der Waals surface area contributed by atoms with Crippen molar-refractivity contribution in [2.24, 2.45) is 0 Å². The molecular weight excluding hydrogens is 304 g/mol. The summed E-state index contributed by atoms with van der Waals surface area (Å²) in [6.45, 7) is 10.2. The summed E-state index contributed by atoms with van der Waals surface area (Å²) in [5.74, 6) is 5.16. The molecule has 0 unspecified atom stereocenters. The van der Waals surface area contributed by atoms with Gasteiger partial charge in [0.05, 0.1) is 13.1 Å². The van der Waals surface area contributed by atoms with E-state index in [4.69, 9.17) is 12.8 Å². The zero-order valence-corrected chi connectivity index (χ0v) is 16.6. The van der Waals surface area contributed by atoms with Crippen molar-refractivity contribution in [3.63, 3.8) is 0 Å². The fraction of sp³-hybridized carbons (Fsp3) is 0.800. The average molecular weight is 343 g/mol. The highest BCUT2D eigenvalue weighted by atomic mass is 35.5. The number of terminal acetylenes is 2. The SMILES string of the molecule is C#CCN[C@H](C)CCCCC.C#CCN[C@H](C)CCCCC.Cl. The minimum atomic E-state index is 0. The number of halogens is 1. The quantitative estimate of drug-likeness (QED) is 0.394. The van der Waals surface area contributed by atoms with E-state index >= 15 is 0 Å². The van der Waals surface area contributed by atoms with Gasteiger partial charge in [0.15, 0.2) is 0 Å². The topological polar surface area (TPSA) is 24.1 Å². The molecule has 0 amide bonds. The maximum Gasteiger partial charge on any atom is 0.0575 e. The third-order valence-electron chi connectivity index (χ3n) is 3.59. The van der Waals surface area contributed by atoms with E-state index < -0.39 is 0 Å². The van der Waals surface area contributed by atoms with Crippen molar-refractivity contribution >= 4 is 12.4 Å². The van der Waals surface area contributed by atoms with E-state index in [0.29, 0.717) is 25.2 Å². The van der Waals surface area contributed by atoms with Crippen LogP contribution in [0.15, 0.2) is 0 Å². The second-order valence-corrected chi connectivity index (χ2v) is 5.96. The molecule has 0 aliphatic rings. The van der Waals surface area contributed by atoms with Gasteiger partial charge in [-0.05, 0) is 26.7 Å². The van der Waals surface area contributed by atoms with E-state index in [-0.39, 0.29) is 12.4 Å². The van der Waals surface area contributed by atoms with Crippen LogP contribution in [0.5, 0.6) is 0 Å². The number of nitrogens with one attached hydrogen (secondary N) is 2. The molecule has 136 valence electrons. The number of unbranched alkanes of at least 4 members (excludes halogenated alkanes) is 4. The van der Waals surface area contributed by atoms with Crippen molar-refractivity contribution in [2.75, 3.05) is 13.1 Å². The summed E-state index contributed by atoms with van der Waals surface area (Å²) in [4.78, 5) is 0. The van der Waals surface area contributed by atoms with Gasteiger partial charge in [0, 0.05) is 12.1 Å². The van der Waals surface area contributed by atoms with Crippen LogP contribution in [0.4, 0.5) is 0 Å². The Kier molecular flexibility index (Phi) is 27.9. The molecule has 2 atom stereocenters. The molecule has 0 aromatic carbocycles. The van der Waals surface area contributed by atoms with Crippen LogP contribution in [-0.2, 0) is 0 Å². The van der Waals surface area contributed by atoms with Crippen molar-refractivity contribution in [2.45, 2.75) is 91.1 Å². The molecule has 0 rings (SSSR count). The molecule has 0 saturated heterocycles. The zero-order chi connectivity index (χ0) is 17.1. The van der Waals surface area contributed by atoms with Crippen LogP contribution in [0.3, 0.4) is 0 Å². The second-order valence-electron chi connectivity index (χ2n) is 5.96. The number of rotatable bonds is 12. The molecule has 0 spiro atoms. The number of hydrogen-bond donors (Lipinski definition) is 2. The van der Waals surface area contributed by atoms with Gasteiger partial charge in [-0.1, -0.05) is 64.2 Å². The summed E-state index contributed by atoms with van der Waals surface area (Å²) in [6, 6.07) is 1.16. The minimum Gasteiger partial charge on any atom is -0.304 e. The molecule has 0 saturated carbocycles. The Hall–Kier alpha value is -0.670. The highest BCUT2D eigenvalue weighted by Crippen LogP contribution is 2.02. The maximum atomic E-state index is 5.12. The first-order valence-electron chi connectivity index (χ1n) is 8.95. The molecule has 0 aliphatic heterocycles. The lowest BCUT2D eigenvalue weighted by atomic mass is 10.1. The van der Waals surface area contributed by atoms with Gasteiger partial charge in [0.1, 0.15) is 0 Å². The summed E-state index contributed by atoms with van der Waals surface area (Å²) < 4.78 is 0. The lowest BCUT2D eigenvalue weighted by Crippen LogP contribution is -2.25. The van der Waals surface area contributed by atoms with Gasteiger partial charge in [-0.2, -0.15) is 0 Å². The molecule has 0 heterocycles. The molecular formula is C20H39ClN2. The second kappa shape index (κ2) is 23.6. The Bertz CT molecular complexity index is 261. The lowest BCUT2D eigenvalue weighted by Gasteiger charge is -2.10. The molecule has 0 radical (unpaired) electrons. The van der Waals surface area contributed by atoms with Crippen LogP contribution in [0.1, 0.15) is 79.1 Å². The van der Waals surface area contributed by atoms with E-state index in [0.717, 1.165) is 0 Å². The Balaban J connectivity index is -0.000000333. The zero-order valence-electron chi connectivity index (χ0n) is 15.8. The average Bonchev–Trinajstić information content (AvgIpc) is 2.52.